The van der Waals surface area contributed by atoms with E-state index in [1.165, 1.54) is 7.11 Å². The monoisotopic (exact) mass is 422 g/mol. The van der Waals surface area contributed by atoms with Crippen LogP contribution >= 0.6 is 0 Å². The summed E-state index contributed by atoms with van der Waals surface area (Å²) in [5, 5.41) is 7.84. The number of carbonyl (C=O) groups is 1. The molecule has 1 aliphatic rings. The number of hydrogen-bond acceptors (Lipinski definition) is 6. The van der Waals surface area contributed by atoms with Crippen LogP contribution in [0.15, 0.2) is 31.0 Å². The number of nitrogens with one attached hydrogen (secondary N) is 1. The lowest BCUT2D eigenvalue weighted by Crippen LogP contribution is -2.32. The van der Waals surface area contributed by atoms with Crippen LogP contribution in [0.5, 0.6) is 5.88 Å². The molecule has 162 valence electrons. The van der Waals surface area contributed by atoms with E-state index in [0.29, 0.717) is 30.2 Å². The van der Waals surface area contributed by atoms with E-state index in [1.807, 2.05) is 12.1 Å². The number of nitrogens with zero attached hydrogens (tertiary/aromatic N) is 1. The summed E-state index contributed by atoms with van der Waals surface area (Å²) in [6.07, 6.45) is 3.46. The molecule has 0 bridgehead atoms. The molecule has 1 aliphatic heterocycles. The lowest BCUT2D eigenvalue weighted by atomic mass is 9.85. The first-order valence-corrected chi connectivity index (χ1v) is 9.94. The highest BCUT2D eigenvalue weighted by molar-refractivity contribution is 5.98. The van der Waals surface area contributed by atoms with Crippen LogP contribution in [0.2, 0.25) is 0 Å². The van der Waals surface area contributed by atoms with Gasteiger partial charge < -0.3 is 19.9 Å². The summed E-state index contributed by atoms with van der Waals surface area (Å²) in [5.41, 5.74) is 9.91. The van der Waals surface area contributed by atoms with Gasteiger partial charge in [-0.05, 0) is 25.0 Å². The van der Waals surface area contributed by atoms with Crippen LogP contribution in [-0.2, 0) is 14.3 Å². The van der Waals surface area contributed by atoms with E-state index in [4.69, 9.17) is 25.4 Å². The van der Waals surface area contributed by atoms with Crippen LogP contribution < -0.4 is 10.5 Å². The van der Waals surface area contributed by atoms with Gasteiger partial charge in [0.25, 0.3) is 0 Å². The predicted molar refractivity (Wildman–Crippen MR) is 120 cm³/mol. The number of esters is 1. The number of aromatic nitrogens is 1. The average molecular weight is 423 g/mol. The predicted octanol–water partition coefficient (Wildman–Crippen LogP) is 3.55. The lowest BCUT2D eigenvalue weighted by molar-refractivity contribution is -0.152. The van der Waals surface area contributed by atoms with Crippen molar-refractivity contribution in [3.05, 3.63) is 60.2 Å². The fourth-order valence-electron chi connectivity index (χ4n) is 3.41. The molecule has 0 amide bonds. The van der Waals surface area contributed by atoms with E-state index in [-0.39, 0.29) is 24.3 Å². The number of nitrogen functional groups attached to an aromatic ring is 1. The number of ether oxygens (including phenoxy) is 3. The number of hydrogen-bond donors (Lipinski definition) is 2. The summed E-state index contributed by atoms with van der Waals surface area (Å²) in [6, 6.07) is 5.64. The topological polar surface area (TPSA) is 108 Å². The molecule has 7 nitrogen and oxygen atoms in total. The summed E-state index contributed by atoms with van der Waals surface area (Å²) < 4.78 is 16.0. The van der Waals surface area contributed by atoms with Gasteiger partial charge in [-0.3, -0.25) is 10.2 Å². The Balaban J connectivity index is 1.98. The Morgan fingerprint density at radius 3 is 2.65 bits per heavy atom. The molecular weight excluding hydrogens is 394 g/mol. The summed E-state index contributed by atoms with van der Waals surface area (Å²) in [7, 11) is 1.35. The number of benzene rings is 1. The van der Waals surface area contributed by atoms with Crippen molar-refractivity contribution in [1.82, 2.24) is 4.98 Å². The van der Waals surface area contributed by atoms with Gasteiger partial charge in [0, 0.05) is 42.3 Å². The SMILES string of the molecule is C=Cc1cc(OCC(C)(C)C(=O)OC)ncc1-c1cc([CH2+])c(C(=N)N)cc1C1COC1. The van der Waals surface area contributed by atoms with Crippen LogP contribution in [0.3, 0.4) is 0 Å². The first-order chi connectivity index (χ1) is 14.7. The van der Waals surface area contributed by atoms with Gasteiger partial charge in [-0.2, -0.15) is 0 Å². The number of carbonyl (C=O) groups excluding carboxylic acids is 1. The van der Waals surface area contributed by atoms with Gasteiger partial charge in [0.1, 0.15) is 17.7 Å². The second-order valence-corrected chi connectivity index (χ2v) is 8.22. The lowest BCUT2D eigenvalue weighted by Gasteiger charge is -2.28. The fraction of sp³-hybridized carbons (Fsp3) is 0.333. The zero-order chi connectivity index (χ0) is 22.8. The smallest absolute Gasteiger partial charge is 0.314 e. The van der Waals surface area contributed by atoms with E-state index in [0.717, 1.165) is 22.3 Å². The molecule has 0 atom stereocenters. The second kappa shape index (κ2) is 8.81. The molecule has 1 aromatic carbocycles. The molecule has 0 spiro atoms. The third-order valence-corrected chi connectivity index (χ3v) is 5.38. The largest absolute Gasteiger partial charge is 0.476 e. The van der Waals surface area contributed by atoms with Crippen molar-refractivity contribution in [3.63, 3.8) is 0 Å². The molecular formula is C24H28N3O4+. The minimum Gasteiger partial charge on any atom is -0.476 e. The zero-order valence-corrected chi connectivity index (χ0v) is 18.2. The molecule has 31 heavy (non-hydrogen) atoms. The Labute approximate surface area is 182 Å². The van der Waals surface area contributed by atoms with Crippen LogP contribution in [-0.4, -0.2) is 43.7 Å². The van der Waals surface area contributed by atoms with Crippen molar-refractivity contribution in [2.24, 2.45) is 11.1 Å². The van der Waals surface area contributed by atoms with Crippen LogP contribution in [0, 0.1) is 17.7 Å². The van der Waals surface area contributed by atoms with Crippen LogP contribution in [0.25, 0.3) is 17.2 Å². The normalized spacial score (nSPS) is 13.9. The summed E-state index contributed by atoms with van der Waals surface area (Å²) in [6.45, 7) is 12.8. The molecule has 3 N–H and O–H groups in total. The number of amidine groups is 1. The van der Waals surface area contributed by atoms with Gasteiger partial charge in [-0.25, -0.2) is 4.98 Å². The van der Waals surface area contributed by atoms with Gasteiger partial charge in [0.15, 0.2) is 5.84 Å². The number of methoxy groups -OCH3 is 1. The Hall–Kier alpha value is -3.32. The van der Waals surface area contributed by atoms with E-state index < -0.39 is 5.41 Å². The highest BCUT2D eigenvalue weighted by Gasteiger charge is 2.31. The van der Waals surface area contributed by atoms with E-state index in [1.54, 1.807) is 32.2 Å². The molecule has 2 heterocycles. The summed E-state index contributed by atoms with van der Waals surface area (Å²) in [5.74, 6) is 0.230. The quantitative estimate of drug-likeness (QED) is 0.292. The zero-order valence-electron chi connectivity index (χ0n) is 18.2. The van der Waals surface area contributed by atoms with Gasteiger partial charge in [-0.1, -0.05) is 12.7 Å². The van der Waals surface area contributed by atoms with Crippen LogP contribution in [0.4, 0.5) is 0 Å². The van der Waals surface area contributed by atoms with Crippen LogP contribution in [0.1, 0.15) is 42.0 Å². The Morgan fingerprint density at radius 2 is 2.10 bits per heavy atom. The second-order valence-electron chi connectivity index (χ2n) is 8.22. The minimum atomic E-state index is -0.799. The van der Waals surface area contributed by atoms with Crippen molar-refractivity contribution in [3.8, 4) is 17.0 Å². The van der Waals surface area contributed by atoms with Crippen molar-refractivity contribution < 1.29 is 19.0 Å². The van der Waals surface area contributed by atoms with Gasteiger partial charge in [-0.15, -0.1) is 0 Å². The molecule has 2 aromatic rings. The summed E-state index contributed by atoms with van der Waals surface area (Å²) in [4.78, 5) is 16.3. The Morgan fingerprint density at radius 1 is 1.39 bits per heavy atom. The standard InChI is InChI=1S/C24H28N3O4/c1-6-15-8-21(31-13-24(3,4)23(28)29-5)27-10-20(15)19-7-14(2)17(22(25)26)9-18(19)16-11-30-12-16/h6-10,16H,1-2,11-13H2,3-5H3,(H3,25,26)/q+1. The molecule has 0 saturated carbocycles. The summed E-state index contributed by atoms with van der Waals surface area (Å²) >= 11 is 0. The third-order valence-electron chi connectivity index (χ3n) is 5.38. The first-order valence-electron chi connectivity index (χ1n) is 9.94. The average Bonchev–Trinajstić information content (AvgIpc) is 2.70. The molecule has 3 rings (SSSR count). The maximum atomic E-state index is 11.9. The van der Waals surface area contributed by atoms with Gasteiger partial charge >= 0.3 is 5.97 Å². The molecule has 0 aliphatic carbocycles. The van der Waals surface area contributed by atoms with Crippen molar-refractivity contribution >= 4 is 17.9 Å². The highest BCUT2D eigenvalue weighted by atomic mass is 16.5. The van der Waals surface area contributed by atoms with E-state index in [2.05, 4.69) is 18.5 Å². The maximum absolute atomic E-state index is 11.9. The fourth-order valence-corrected chi connectivity index (χ4v) is 3.41. The van der Waals surface area contributed by atoms with Gasteiger partial charge in [0.2, 0.25) is 5.88 Å². The molecule has 0 radical (unpaired) electrons. The van der Waals surface area contributed by atoms with Crippen molar-refractivity contribution in [2.75, 3.05) is 26.9 Å². The Bertz CT molecular complexity index is 1030. The highest BCUT2D eigenvalue weighted by Crippen LogP contribution is 2.37. The molecule has 7 heteroatoms. The molecule has 1 fully saturated rings. The van der Waals surface area contributed by atoms with E-state index in [9.17, 15) is 4.79 Å². The minimum absolute atomic E-state index is 0.0166. The number of pyridine rings is 1. The number of rotatable bonds is 8. The molecule has 1 aromatic heterocycles. The maximum Gasteiger partial charge on any atom is 0.314 e. The third kappa shape index (κ3) is 4.56. The van der Waals surface area contributed by atoms with Crippen molar-refractivity contribution in [2.45, 2.75) is 19.8 Å². The number of nitrogens with two attached hydrogens (primary N) is 1. The Kier molecular flexibility index (Phi) is 6.36. The molecule has 0 unspecified atom stereocenters. The first kappa shape index (κ1) is 22.4. The van der Waals surface area contributed by atoms with Crippen molar-refractivity contribution in [1.29, 1.82) is 5.41 Å². The van der Waals surface area contributed by atoms with Gasteiger partial charge in [0.05, 0.1) is 31.8 Å². The van der Waals surface area contributed by atoms with E-state index >= 15 is 0 Å². The molecule has 1 saturated heterocycles.